The lowest BCUT2D eigenvalue weighted by molar-refractivity contribution is -0.137. The van der Waals surface area contributed by atoms with Gasteiger partial charge < -0.3 is 0 Å². The van der Waals surface area contributed by atoms with Crippen molar-refractivity contribution in [3.63, 3.8) is 0 Å². The van der Waals surface area contributed by atoms with Gasteiger partial charge in [-0.25, -0.2) is 0 Å². The fourth-order valence-corrected chi connectivity index (χ4v) is 3.71. The summed E-state index contributed by atoms with van der Waals surface area (Å²) in [5, 5.41) is 0. The Bertz CT molecular complexity index is 275. The molecule has 1 nitrogen and oxygen atoms in total. The highest BCUT2D eigenvalue weighted by atomic mass is 16.1. The van der Waals surface area contributed by atoms with Crippen LogP contribution >= 0.6 is 0 Å². The Hall–Kier alpha value is -0.330. The molecule has 0 amide bonds. The van der Waals surface area contributed by atoms with Crippen LogP contribution in [0.15, 0.2) is 0 Å². The van der Waals surface area contributed by atoms with Crippen LogP contribution in [0.25, 0.3) is 0 Å². The monoisotopic (exact) mass is 208 g/mol. The maximum absolute atomic E-state index is 12.0. The van der Waals surface area contributed by atoms with Crippen LogP contribution in [0.4, 0.5) is 0 Å². The van der Waals surface area contributed by atoms with E-state index >= 15 is 0 Å². The molecule has 0 aromatic carbocycles. The molecule has 0 N–H and O–H groups in total. The number of carbonyl (C=O) groups excluding carboxylic acids is 1. The third kappa shape index (κ3) is 1.86. The van der Waals surface area contributed by atoms with Crippen LogP contribution in [0.2, 0.25) is 0 Å². The van der Waals surface area contributed by atoms with E-state index in [1.165, 1.54) is 19.3 Å². The van der Waals surface area contributed by atoms with Gasteiger partial charge in [0.05, 0.1) is 0 Å². The van der Waals surface area contributed by atoms with Crippen LogP contribution in [0.1, 0.15) is 59.8 Å². The van der Waals surface area contributed by atoms with Crippen molar-refractivity contribution in [1.29, 1.82) is 0 Å². The summed E-state index contributed by atoms with van der Waals surface area (Å²) in [7, 11) is 0. The average Bonchev–Trinajstić information content (AvgIpc) is 2.08. The molecule has 2 fully saturated rings. The van der Waals surface area contributed by atoms with Crippen LogP contribution in [-0.4, -0.2) is 5.78 Å². The molecular formula is C14H24O. The average molecular weight is 208 g/mol. The molecule has 0 aliphatic heterocycles. The molecule has 2 rings (SSSR count). The van der Waals surface area contributed by atoms with Crippen LogP contribution in [0.5, 0.6) is 0 Å². The summed E-state index contributed by atoms with van der Waals surface area (Å²) in [4.78, 5) is 12.0. The summed E-state index contributed by atoms with van der Waals surface area (Å²) < 4.78 is 0. The number of fused-ring (bicyclic) bond motifs is 1. The molecule has 0 aromatic heterocycles. The third-order valence-electron chi connectivity index (χ3n) is 4.90. The summed E-state index contributed by atoms with van der Waals surface area (Å²) in [6.07, 6.45) is 5.92. The van der Waals surface area contributed by atoms with Crippen molar-refractivity contribution in [2.75, 3.05) is 0 Å². The first-order chi connectivity index (χ1) is 6.83. The molecule has 2 aliphatic carbocycles. The van der Waals surface area contributed by atoms with Crippen LogP contribution in [0.3, 0.4) is 0 Å². The fraction of sp³-hybridized carbons (Fsp3) is 0.929. The first-order valence-electron chi connectivity index (χ1n) is 6.36. The Morgan fingerprint density at radius 3 is 2.53 bits per heavy atom. The summed E-state index contributed by atoms with van der Waals surface area (Å²) in [5.41, 5.74) is 0.399. The van der Waals surface area contributed by atoms with Gasteiger partial charge in [0, 0.05) is 11.8 Å². The standard InChI is InChI=1S/C14H24O/c1-13(2)7-5-6-10-8-12(15)14(3,4)9-11(10)13/h10-11H,5-9H2,1-4H3/t10-,11-/m1/s1. The molecule has 0 saturated heterocycles. The van der Waals surface area contributed by atoms with E-state index in [0.717, 1.165) is 18.8 Å². The highest BCUT2D eigenvalue weighted by Gasteiger charge is 2.48. The summed E-state index contributed by atoms with van der Waals surface area (Å²) >= 11 is 0. The zero-order valence-electron chi connectivity index (χ0n) is 10.6. The molecule has 0 aromatic rings. The van der Waals surface area contributed by atoms with E-state index in [1.54, 1.807) is 0 Å². The largest absolute Gasteiger partial charge is 0.299 e. The number of rotatable bonds is 0. The number of hydrogen-bond acceptors (Lipinski definition) is 1. The van der Waals surface area contributed by atoms with Gasteiger partial charge in [-0.1, -0.05) is 34.1 Å². The van der Waals surface area contributed by atoms with Gasteiger partial charge in [0.1, 0.15) is 5.78 Å². The predicted molar refractivity (Wildman–Crippen MR) is 62.6 cm³/mol. The zero-order valence-corrected chi connectivity index (χ0v) is 10.6. The minimum absolute atomic E-state index is 0.0597. The molecule has 0 radical (unpaired) electrons. The Balaban J connectivity index is 2.23. The van der Waals surface area contributed by atoms with Crippen molar-refractivity contribution in [2.24, 2.45) is 22.7 Å². The first-order valence-corrected chi connectivity index (χ1v) is 6.36. The molecule has 0 bridgehead atoms. The molecule has 2 saturated carbocycles. The van der Waals surface area contributed by atoms with E-state index in [2.05, 4.69) is 27.7 Å². The van der Waals surface area contributed by atoms with E-state index in [9.17, 15) is 4.79 Å². The second kappa shape index (κ2) is 3.33. The minimum Gasteiger partial charge on any atom is -0.299 e. The molecule has 2 atom stereocenters. The highest BCUT2D eigenvalue weighted by molar-refractivity contribution is 5.85. The number of ketones is 1. The Morgan fingerprint density at radius 2 is 1.87 bits per heavy atom. The van der Waals surface area contributed by atoms with Gasteiger partial charge in [-0.05, 0) is 36.5 Å². The zero-order chi connectivity index (χ0) is 11.3. The Kier molecular flexibility index (Phi) is 2.48. The van der Waals surface area contributed by atoms with Gasteiger partial charge in [0.15, 0.2) is 0 Å². The second-order valence-corrected chi connectivity index (χ2v) is 6.96. The number of Topliss-reactive ketones (excluding diaryl/α,β-unsaturated/α-hetero) is 1. The lowest BCUT2D eigenvalue weighted by Crippen LogP contribution is -2.45. The normalized spacial score (nSPS) is 38.5. The number of hydrogen-bond donors (Lipinski definition) is 0. The van der Waals surface area contributed by atoms with Gasteiger partial charge in [0.25, 0.3) is 0 Å². The van der Waals surface area contributed by atoms with E-state index < -0.39 is 0 Å². The topological polar surface area (TPSA) is 17.1 Å². The Labute approximate surface area is 93.6 Å². The van der Waals surface area contributed by atoms with Crippen molar-refractivity contribution in [2.45, 2.75) is 59.8 Å². The maximum Gasteiger partial charge on any atom is 0.138 e. The first kappa shape index (κ1) is 11.2. The molecule has 0 unspecified atom stereocenters. The summed E-state index contributed by atoms with van der Waals surface area (Å²) in [6.45, 7) is 9.07. The van der Waals surface area contributed by atoms with Gasteiger partial charge >= 0.3 is 0 Å². The van der Waals surface area contributed by atoms with Crippen LogP contribution in [0, 0.1) is 22.7 Å². The Morgan fingerprint density at radius 1 is 1.20 bits per heavy atom. The second-order valence-electron chi connectivity index (χ2n) is 6.96. The summed E-state index contributed by atoms with van der Waals surface area (Å²) in [6, 6.07) is 0. The highest BCUT2D eigenvalue weighted by Crippen LogP contribution is 2.53. The molecule has 15 heavy (non-hydrogen) atoms. The summed E-state index contributed by atoms with van der Waals surface area (Å²) in [5.74, 6) is 1.97. The van der Waals surface area contributed by atoms with E-state index in [4.69, 9.17) is 0 Å². The van der Waals surface area contributed by atoms with Gasteiger partial charge in [-0.2, -0.15) is 0 Å². The fourth-order valence-electron chi connectivity index (χ4n) is 3.71. The van der Waals surface area contributed by atoms with E-state index in [1.807, 2.05) is 0 Å². The van der Waals surface area contributed by atoms with Gasteiger partial charge in [-0.3, -0.25) is 4.79 Å². The van der Waals surface area contributed by atoms with Crippen LogP contribution < -0.4 is 0 Å². The van der Waals surface area contributed by atoms with Crippen molar-refractivity contribution in [1.82, 2.24) is 0 Å². The minimum atomic E-state index is -0.0597. The molecule has 86 valence electrons. The van der Waals surface area contributed by atoms with Crippen molar-refractivity contribution >= 4 is 5.78 Å². The molecule has 2 aliphatic rings. The lowest BCUT2D eigenvalue weighted by Gasteiger charge is -2.50. The third-order valence-corrected chi connectivity index (χ3v) is 4.90. The molecular weight excluding hydrogens is 184 g/mol. The van der Waals surface area contributed by atoms with Crippen molar-refractivity contribution in [3.8, 4) is 0 Å². The van der Waals surface area contributed by atoms with E-state index in [0.29, 0.717) is 17.1 Å². The molecule has 0 heterocycles. The number of carbonyl (C=O) groups is 1. The molecule has 1 heteroatoms. The molecule has 0 spiro atoms. The lowest BCUT2D eigenvalue weighted by atomic mass is 9.54. The predicted octanol–water partition coefficient (Wildman–Crippen LogP) is 3.82. The SMILES string of the molecule is CC1(C)C[C@@H]2[C@H](CCCC2(C)C)CC1=O. The van der Waals surface area contributed by atoms with Gasteiger partial charge in [-0.15, -0.1) is 0 Å². The van der Waals surface area contributed by atoms with Crippen molar-refractivity contribution in [3.05, 3.63) is 0 Å². The van der Waals surface area contributed by atoms with E-state index in [-0.39, 0.29) is 5.41 Å². The maximum atomic E-state index is 12.0. The van der Waals surface area contributed by atoms with Crippen molar-refractivity contribution < 1.29 is 4.79 Å². The van der Waals surface area contributed by atoms with Crippen LogP contribution in [-0.2, 0) is 4.79 Å². The smallest absolute Gasteiger partial charge is 0.138 e. The van der Waals surface area contributed by atoms with Gasteiger partial charge in [0.2, 0.25) is 0 Å². The quantitative estimate of drug-likeness (QED) is 0.591.